The summed E-state index contributed by atoms with van der Waals surface area (Å²) in [6.07, 6.45) is 0. The summed E-state index contributed by atoms with van der Waals surface area (Å²) in [5.41, 5.74) is -0.878. The molecule has 0 aliphatic rings. The van der Waals surface area contributed by atoms with Crippen LogP contribution < -0.4 is 11.2 Å². The number of esters is 1. The van der Waals surface area contributed by atoms with Crippen LogP contribution in [0.2, 0.25) is 0 Å². The van der Waals surface area contributed by atoms with Crippen molar-refractivity contribution in [3.63, 3.8) is 0 Å². The minimum absolute atomic E-state index is 0.0563. The molecule has 2 heterocycles. The summed E-state index contributed by atoms with van der Waals surface area (Å²) in [7, 11) is 4.11. The summed E-state index contributed by atoms with van der Waals surface area (Å²) >= 11 is 0.958. The molecule has 0 fully saturated rings. The fourth-order valence-corrected chi connectivity index (χ4v) is 2.34. The monoisotopic (exact) mass is 255 g/mol. The molecule has 8 heteroatoms. The van der Waals surface area contributed by atoms with Crippen LogP contribution in [0.3, 0.4) is 0 Å². The van der Waals surface area contributed by atoms with E-state index in [1.165, 1.54) is 25.8 Å². The van der Waals surface area contributed by atoms with Gasteiger partial charge in [0, 0.05) is 14.1 Å². The number of aromatic nitrogens is 3. The van der Waals surface area contributed by atoms with Gasteiger partial charge in [-0.1, -0.05) is 11.3 Å². The molecule has 0 radical (unpaired) electrons. The van der Waals surface area contributed by atoms with Crippen LogP contribution in [0.15, 0.2) is 9.59 Å². The van der Waals surface area contributed by atoms with Crippen LogP contribution in [0.4, 0.5) is 0 Å². The first-order valence-corrected chi connectivity index (χ1v) is 5.44. The fraction of sp³-hybridized carbons (Fsp3) is 0.333. The van der Waals surface area contributed by atoms with Gasteiger partial charge in [0.25, 0.3) is 5.56 Å². The Kier molecular flexibility index (Phi) is 2.58. The van der Waals surface area contributed by atoms with Crippen molar-refractivity contribution in [2.45, 2.75) is 0 Å². The molecule has 0 atom stereocenters. The SMILES string of the molecule is COC(=O)c1nc2c(=O)n(C)c(=O)n(C)c2s1. The first-order chi connectivity index (χ1) is 7.97. The number of hydrogen-bond acceptors (Lipinski definition) is 6. The van der Waals surface area contributed by atoms with Crippen molar-refractivity contribution in [1.29, 1.82) is 0 Å². The van der Waals surface area contributed by atoms with Crippen LogP contribution >= 0.6 is 11.3 Å². The van der Waals surface area contributed by atoms with Gasteiger partial charge < -0.3 is 4.74 Å². The van der Waals surface area contributed by atoms with Crippen molar-refractivity contribution < 1.29 is 9.53 Å². The van der Waals surface area contributed by atoms with E-state index in [1.54, 1.807) is 0 Å². The van der Waals surface area contributed by atoms with Crippen LogP contribution in [-0.2, 0) is 18.8 Å². The van der Waals surface area contributed by atoms with Gasteiger partial charge in [-0.3, -0.25) is 13.9 Å². The fourth-order valence-electron chi connectivity index (χ4n) is 1.41. The molecule has 7 nitrogen and oxygen atoms in total. The number of hydrogen-bond donors (Lipinski definition) is 0. The van der Waals surface area contributed by atoms with E-state index in [2.05, 4.69) is 9.72 Å². The van der Waals surface area contributed by atoms with E-state index in [-0.39, 0.29) is 10.5 Å². The Morgan fingerprint density at radius 3 is 2.53 bits per heavy atom. The molecule has 0 aliphatic heterocycles. The average molecular weight is 255 g/mol. The summed E-state index contributed by atoms with van der Waals surface area (Å²) < 4.78 is 6.74. The van der Waals surface area contributed by atoms with Gasteiger partial charge in [0.2, 0.25) is 5.01 Å². The maximum Gasteiger partial charge on any atom is 0.367 e. The van der Waals surface area contributed by atoms with Gasteiger partial charge >= 0.3 is 11.7 Å². The predicted molar refractivity (Wildman–Crippen MR) is 61.4 cm³/mol. The van der Waals surface area contributed by atoms with Gasteiger partial charge in [-0.15, -0.1) is 0 Å². The number of thiazole rings is 1. The van der Waals surface area contributed by atoms with E-state index in [4.69, 9.17) is 0 Å². The largest absolute Gasteiger partial charge is 0.464 e. The maximum atomic E-state index is 11.8. The molecule has 0 saturated heterocycles. The first-order valence-electron chi connectivity index (χ1n) is 4.62. The van der Waals surface area contributed by atoms with E-state index in [0.717, 1.165) is 15.9 Å². The van der Waals surface area contributed by atoms with Crippen LogP contribution in [0.25, 0.3) is 10.3 Å². The lowest BCUT2D eigenvalue weighted by Gasteiger charge is -2.00. The quantitative estimate of drug-likeness (QED) is 0.640. The Bertz CT molecular complexity index is 724. The average Bonchev–Trinajstić information content (AvgIpc) is 2.77. The Hall–Kier alpha value is -1.96. The summed E-state index contributed by atoms with van der Waals surface area (Å²) in [5.74, 6) is -0.624. The normalized spacial score (nSPS) is 10.8. The number of ether oxygens (including phenoxy) is 1. The van der Waals surface area contributed by atoms with Crippen molar-refractivity contribution in [3.8, 4) is 0 Å². The van der Waals surface area contributed by atoms with Crippen LogP contribution in [-0.4, -0.2) is 27.2 Å². The van der Waals surface area contributed by atoms with Crippen LogP contribution in [0.1, 0.15) is 9.80 Å². The number of carbonyl (C=O) groups excluding carboxylic acids is 1. The molecule has 90 valence electrons. The number of nitrogens with zero attached hydrogens (tertiary/aromatic N) is 3. The molecule has 0 bridgehead atoms. The molecule has 0 unspecified atom stereocenters. The van der Waals surface area contributed by atoms with Crippen molar-refractivity contribution in [1.82, 2.24) is 14.1 Å². The number of rotatable bonds is 1. The second-order valence-corrected chi connectivity index (χ2v) is 4.35. The van der Waals surface area contributed by atoms with Crippen molar-refractivity contribution in [2.75, 3.05) is 7.11 Å². The van der Waals surface area contributed by atoms with Crippen molar-refractivity contribution in [2.24, 2.45) is 14.1 Å². The first kappa shape index (κ1) is 11.5. The highest BCUT2D eigenvalue weighted by atomic mass is 32.1. The number of aryl methyl sites for hydroxylation is 1. The molecule has 0 aliphatic carbocycles. The van der Waals surface area contributed by atoms with E-state index in [9.17, 15) is 14.4 Å². The zero-order valence-corrected chi connectivity index (χ0v) is 10.2. The molecule has 0 amide bonds. The van der Waals surface area contributed by atoms with Gasteiger partial charge in [0.05, 0.1) is 7.11 Å². The molecule has 2 aromatic rings. The van der Waals surface area contributed by atoms with Crippen molar-refractivity contribution in [3.05, 3.63) is 25.8 Å². The number of methoxy groups -OCH3 is 1. The highest BCUT2D eigenvalue weighted by molar-refractivity contribution is 7.19. The van der Waals surface area contributed by atoms with Crippen LogP contribution in [0, 0.1) is 0 Å². The lowest BCUT2D eigenvalue weighted by molar-refractivity contribution is 0.0600. The van der Waals surface area contributed by atoms with Gasteiger partial charge in [0.1, 0.15) is 4.83 Å². The van der Waals surface area contributed by atoms with Crippen LogP contribution in [0.5, 0.6) is 0 Å². The summed E-state index contributed by atoms with van der Waals surface area (Å²) in [4.78, 5) is 39.0. The Morgan fingerprint density at radius 1 is 1.29 bits per heavy atom. The minimum atomic E-state index is -0.624. The molecule has 0 N–H and O–H groups in total. The number of carbonyl (C=O) groups is 1. The number of fused-ring (bicyclic) bond motifs is 1. The molecule has 0 saturated carbocycles. The minimum Gasteiger partial charge on any atom is -0.464 e. The van der Waals surface area contributed by atoms with E-state index >= 15 is 0 Å². The summed E-state index contributed by atoms with van der Waals surface area (Å²) in [5, 5.41) is 0.0563. The summed E-state index contributed by atoms with van der Waals surface area (Å²) in [6.45, 7) is 0. The zero-order valence-electron chi connectivity index (χ0n) is 9.38. The van der Waals surface area contributed by atoms with Gasteiger partial charge in [-0.05, 0) is 0 Å². The van der Waals surface area contributed by atoms with Gasteiger partial charge in [-0.2, -0.15) is 0 Å². The predicted octanol–water partition coefficient (Wildman–Crippen LogP) is -0.520. The smallest absolute Gasteiger partial charge is 0.367 e. The van der Waals surface area contributed by atoms with Gasteiger partial charge in [-0.25, -0.2) is 14.6 Å². The Labute approximate surface area is 98.9 Å². The van der Waals surface area contributed by atoms with Crippen molar-refractivity contribution >= 4 is 27.7 Å². The zero-order chi connectivity index (χ0) is 12.7. The third-order valence-corrected chi connectivity index (χ3v) is 3.47. The lowest BCUT2D eigenvalue weighted by atomic mass is 10.5. The molecule has 17 heavy (non-hydrogen) atoms. The third-order valence-electron chi connectivity index (χ3n) is 2.35. The molecule has 2 rings (SSSR count). The van der Waals surface area contributed by atoms with Gasteiger partial charge in [0.15, 0.2) is 5.52 Å². The molecule has 0 aromatic carbocycles. The molecule has 2 aromatic heterocycles. The second kappa shape index (κ2) is 3.81. The third kappa shape index (κ3) is 1.57. The maximum absolute atomic E-state index is 11.8. The van der Waals surface area contributed by atoms with E-state index in [0.29, 0.717) is 4.83 Å². The Morgan fingerprint density at radius 2 is 1.94 bits per heavy atom. The summed E-state index contributed by atoms with van der Waals surface area (Å²) in [6, 6.07) is 0. The Balaban J connectivity index is 2.91. The standard InChI is InChI=1S/C9H9N3O4S/c1-11-6(13)4-7(12(2)9(11)15)17-5(10-4)8(14)16-3/h1-3H3. The molecule has 0 spiro atoms. The van der Waals surface area contributed by atoms with E-state index in [1.807, 2.05) is 0 Å². The highest BCUT2D eigenvalue weighted by Gasteiger charge is 2.18. The molecular weight excluding hydrogens is 246 g/mol. The lowest BCUT2D eigenvalue weighted by Crippen LogP contribution is -2.36. The molecular formula is C9H9N3O4S. The van der Waals surface area contributed by atoms with E-state index < -0.39 is 17.2 Å². The second-order valence-electron chi connectivity index (χ2n) is 3.37. The highest BCUT2D eigenvalue weighted by Crippen LogP contribution is 2.17. The topological polar surface area (TPSA) is 83.2 Å².